The average molecular weight is 309 g/mol. The second kappa shape index (κ2) is 7.77. The first-order chi connectivity index (χ1) is 11.3. The van der Waals surface area contributed by atoms with Crippen molar-refractivity contribution in [1.82, 2.24) is 10.3 Å². The minimum atomic E-state index is 0.0884. The van der Waals surface area contributed by atoms with Crippen LogP contribution in [-0.4, -0.2) is 24.0 Å². The van der Waals surface area contributed by atoms with Gasteiger partial charge in [-0.25, -0.2) is 0 Å². The van der Waals surface area contributed by atoms with Crippen LogP contribution < -0.4 is 10.2 Å². The van der Waals surface area contributed by atoms with Gasteiger partial charge in [-0.1, -0.05) is 12.1 Å². The summed E-state index contributed by atoms with van der Waals surface area (Å²) in [6.07, 6.45) is 7.36. The Bertz CT molecular complexity index is 619. The number of aryl methyl sites for hydroxylation is 1. The van der Waals surface area contributed by atoms with E-state index >= 15 is 0 Å². The number of hydrogen-bond acceptors (Lipinski definition) is 3. The molecule has 1 aliphatic heterocycles. The van der Waals surface area contributed by atoms with E-state index in [1.807, 2.05) is 12.1 Å². The lowest BCUT2D eigenvalue weighted by molar-refractivity contribution is -0.121. The number of aromatic nitrogens is 1. The highest BCUT2D eigenvalue weighted by Crippen LogP contribution is 2.20. The van der Waals surface area contributed by atoms with E-state index in [0.717, 1.165) is 25.1 Å². The molecule has 0 saturated carbocycles. The smallest absolute Gasteiger partial charge is 0.220 e. The monoisotopic (exact) mass is 309 g/mol. The maximum atomic E-state index is 11.9. The molecule has 1 aliphatic rings. The zero-order valence-electron chi connectivity index (χ0n) is 13.4. The third-order valence-electron chi connectivity index (χ3n) is 4.29. The number of nitrogens with zero attached hydrogens (tertiary/aromatic N) is 2. The van der Waals surface area contributed by atoms with Gasteiger partial charge < -0.3 is 10.2 Å². The molecule has 0 atom stereocenters. The Morgan fingerprint density at radius 2 is 1.70 bits per heavy atom. The van der Waals surface area contributed by atoms with Crippen molar-refractivity contribution in [1.29, 1.82) is 0 Å². The maximum Gasteiger partial charge on any atom is 0.220 e. The summed E-state index contributed by atoms with van der Waals surface area (Å²) in [6, 6.07) is 12.5. The Kier molecular flexibility index (Phi) is 5.25. The highest BCUT2D eigenvalue weighted by Gasteiger charge is 2.11. The molecule has 3 rings (SSSR count). The fourth-order valence-electron chi connectivity index (χ4n) is 2.90. The SMILES string of the molecule is O=C(CCc1ccc(N2CCCC2)cc1)NCc1ccncc1. The summed E-state index contributed by atoms with van der Waals surface area (Å²) in [4.78, 5) is 18.3. The van der Waals surface area contributed by atoms with Gasteiger partial charge in [-0.2, -0.15) is 0 Å². The minimum Gasteiger partial charge on any atom is -0.372 e. The first-order valence-electron chi connectivity index (χ1n) is 8.31. The summed E-state index contributed by atoms with van der Waals surface area (Å²) < 4.78 is 0. The molecule has 0 unspecified atom stereocenters. The zero-order chi connectivity index (χ0) is 15.9. The van der Waals surface area contributed by atoms with E-state index in [4.69, 9.17) is 0 Å². The van der Waals surface area contributed by atoms with E-state index in [2.05, 4.69) is 39.5 Å². The lowest BCUT2D eigenvalue weighted by Gasteiger charge is -2.17. The van der Waals surface area contributed by atoms with Gasteiger partial charge in [0.05, 0.1) is 0 Å². The van der Waals surface area contributed by atoms with Crippen LogP contribution in [0.2, 0.25) is 0 Å². The molecule has 2 aromatic rings. The molecule has 0 aliphatic carbocycles. The van der Waals surface area contributed by atoms with E-state index in [-0.39, 0.29) is 5.91 Å². The number of amides is 1. The van der Waals surface area contributed by atoms with Gasteiger partial charge in [-0.3, -0.25) is 9.78 Å². The first kappa shape index (κ1) is 15.5. The summed E-state index contributed by atoms with van der Waals surface area (Å²) >= 11 is 0. The Balaban J connectivity index is 1.43. The van der Waals surface area contributed by atoms with Crippen LogP contribution in [0.3, 0.4) is 0 Å². The fourth-order valence-corrected chi connectivity index (χ4v) is 2.90. The molecule has 0 spiro atoms. The number of nitrogens with one attached hydrogen (secondary N) is 1. The van der Waals surface area contributed by atoms with Gasteiger partial charge in [0.15, 0.2) is 0 Å². The van der Waals surface area contributed by atoms with Gasteiger partial charge in [0.1, 0.15) is 0 Å². The Morgan fingerprint density at radius 3 is 2.39 bits per heavy atom. The van der Waals surface area contributed by atoms with Crippen molar-refractivity contribution in [3.63, 3.8) is 0 Å². The molecule has 120 valence electrons. The predicted molar refractivity (Wildman–Crippen MR) is 92.3 cm³/mol. The van der Waals surface area contributed by atoms with E-state index in [1.165, 1.54) is 24.1 Å². The predicted octanol–water partition coefficient (Wildman–Crippen LogP) is 2.93. The molecule has 1 fully saturated rings. The molecular formula is C19H23N3O. The number of anilines is 1. The molecule has 1 aromatic heterocycles. The van der Waals surface area contributed by atoms with Gasteiger partial charge in [0.2, 0.25) is 5.91 Å². The van der Waals surface area contributed by atoms with Gasteiger partial charge in [0.25, 0.3) is 0 Å². The van der Waals surface area contributed by atoms with Crippen LogP contribution in [-0.2, 0) is 17.8 Å². The Morgan fingerprint density at radius 1 is 1.00 bits per heavy atom. The van der Waals surface area contributed by atoms with E-state index in [1.54, 1.807) is 12.4 Å². The fraction of sp³-hybridized carbons (Fsp3) is 0.368. The Hall–Kier alpha value is -2.36. The largest absolute Gasteiger partial charge is 0.372 e. The number of benzene rings is 1. The topological polar surface area (TPSA) is 45.2 Å². The van der Waals surface area contributed by atoms with Gasteiger partial charge in [-0.05, 0) is 54.7 Å². The highest BCUT2D eigenvalue weighted by atomic mass is 16.1. The van der Waals surface area contributed by atoms with Gasteiger partial charge in [0, 0.05) is 44.1 Å². The van der Waals surface area contributed by atoms with Crippen molar-refractivity contribution in [2.45, 2.75) is 32.2 Å². The van der Waals surface area contributed by atoms with Gasteiger partial charge >= 0.3 is 0 Å². The highest BCUT2D eigenvalue weighted by molar-refractivity contribution is 5.76. The van der Waals surface area contributed by atoms with Crippen LogP contribution in [0.5, 0.6) is 0 Å². The third-order valence-corrected chi connectivity index (χ3v) is 4.29. The molecular weight excluding hydrogens is 286 g/mol. The third kappa shape index (κ3) is 4.55. The van der Waals surface area contributed by atoms with Crippen molar-refractivity contribution in [2.75, 3.05) is 18.0 Å². The van der Waals surface area contributed by atoms with Crippen molar-refractivity contribution < 1.29 is 4.79 Å². The number of carbonyl (C=O) groups excluding carboxylic acids is 1. The molecule has 1 saturated heterocycles. The molecule has 23 heavy (non-hydrogen) atoms. The summed E-state index contributed by atoms with van der Waals surface area (Å²) in [5.41, 5.74) is 3.59. The lowest BCUT2D eigenvalue weighted by Crippen LogP contribution is -2.23. The standard InChI is InChI=1S/C19H23N3O/c23-19(21-15-17-9-11-20-12-10-17)8-5-16-3-6-18(7-4-16)22-13-1-2-14-22/h3-4,6-7,9-12H,1-2,5,8,13-15H2,(H,21,23). The van der Waals surface area contributed by atoms with Gasteiger partial charge in [-0.15, -0.1) is 0 Å². The summed E-state index contributed by atoms with van der Waals surface area (Å²) in [7, 11) is 0. The second-order valence-electron chi connectivity index (χ2n) is 5.99. The minimum absolute atomic E-state index is 0.0884. The molecule has 1 amide bonds. The number of rotatable bonds is 6. The second-order valence-corrected chi connectivity index (χ2v) is 5.99. The van der Waals surface area contributed by atoms with Crippen LogP contribution in [0.4, 0.5) is 5.69 Å². The van der Waals surface area contributed by atoms with Crippen molar-refractivity contribution in [2.24, 2.45) is 0 Å². The van der Waals surface area contributed by atoms with Crippen molar-refractivity contribution >= 4 is 11.6 Å². The van der Waals surface area contributed by atoms with Crippen LogP contribution >= 0.6 is 0 Å². The van der Waals surface area contributed by atoms with Crippen LogP contribution in [0.15, 0.2) is 48.8 Å². The van der Waals surface area contributed by atoms with E-state index < -0.39 is 0 Å². The molecule has 0 radical (unpaired) electrons. The molecule has 4 nitrogen and oxygen atoms in total. The molecule has 4 heteroatoms. The molecule has 2 heterocycles. The zero-order valence-corrected chi connectivity index (χ0v) is 13.4. The normalized spacial score (nSPS) is 14.0. The average Bonchev–Trinajstić information content (AvgIpc) is 3.14. The molecule has 1 aromatic carbocycles. The molecule has 0 bridgehead atoms. The van der Waals surface area contributed by atoms with E-state index in [0.29, 0.717) is 13.0 Å². The first-order valence-corrected chi connectivity index (χ1v) is 8.31. The summed E-state index contributed by atoms with van der Waals surface area (Å²) in [5, 5.41) is 2.95. The van der Waals surface area contributed by atoms with Crippen molar-refractivity contribution in [3.8, 4) is 0 Å². The Labute approximate surface area is 137 Å². The lowest BCUT2D eigenvalue weighted by atomic mass is 10.1. The quantitative estimate of drug-likeness (QED) is 0.892. The van der Waals surface area contributed by atoms with Crippen LogP contribution in [0.25, 0.3) is 0 Å². The number of pyridine rings is 1. The summed E-state index contributed by atoms with van der Waals surface area (Å²) in [5.74, 6) is 0.0884. The van der Waals surface area contributed by atoms with Crippen molar-refractivity contribution in [3.05, 3.63) is 59.9 Å². The maximum absolute atomic E-state index is 11.9. The van der Waals surface area contributed by atoms with Crippen LogP contribution in [0.1, 0.15) is 30.4 Å². The van der Waals surface area contributed by atoms with Crippen LogP contribution in [0, 0.1) is 0 Å². The number of carbonyl (C=O) groups is 1. The summed E-state index contributed by atoms with van der Waals surface area (Å²) in [6.45, 7) is 2.89. The number of hydrogen-bond donors (Lipinski definition) is 1. The van der Waals surface area contributed by atoms with E-state index in [9.17, 15) is 4.79 Å². The molecule has 1 N–H and O–H groups in total.